The number of alkyl halides is 3. The molecule has 4 heterocycles. The van der Waals surface area contributed by atoms with E-state index in [4.69, 9.17) is 21.1 Å². The number of anilines is 1. The minimum absolute atomic E-state index is 0.00341. The molecule has 0 amide bonds. The number of piperidine rings is 1. The molecule has 10 nitrogen and oxygen atoms in total. The summed E-state index contributed by atoms with van der Waals surface area (Å²) in [7, 11) is 0. The van der Waals surface area contributed by atoms with Crippen molar-refractivity contribution in [1.82, 2.24) is 25.1 Å². The number of aryl methyl sites for hydroxylation is 1. The largest absolute Gasteiger partial charge is 0.480 e. The van der Waals surface area contributed by atoms with Gasteiger partial charge >= 0.3 is 18.2 Å². The summed E-state index contributed by atoms with van der Waals surface area (Å²) in [5.41, 5.74) is 0.496. The average Bonchev–Trinajstić information content (AvgIpc) is 3.63. The Hall–Kier alpha value is -4.36. The van der Waals surface area contributed by atoms with Crippen molar-refractivity contribution in [3.63, 3.8) is 0 Å². The molecule has 45 heavy (non-hydrogen) atoms. The summed E-state index contributed by atoms with van der Waals surface area (Å²) < 4.78 is 56.7. The third kappa shape index (κ3) is 6.69. The Bertz CT molecular complexity index is 1690. The summed E-state index contributed by atoms with van der Waals surface area (Å²) in [5.74, 6) is -0.390. The SMILES string of the molecule is Cc1ccn(-c2cc(Cl)ccc2[C@@H](Oc2ccccc2Oc2nccc(N3CCC4(CC3)CNC(C(=O)O)C4)n2)C(F)(F)F)n1. The third-order valence-electron chi connectivity index (χ3n) is 8.26. The lowest BCUT2D eigenvalue weighted by Gasteiger charge is -2.39. The summed E-state index contributed by atoms with van der Waals surface area (Å²) in [6, 6.07) is 12.9. The zero-order valence-corrected chi connectivity index (χ0v) is 24.9. The van der Waals surface area contributed by atoms with Crippen LogP contribution in [0.3, 0.4) is 0 Å². The van der Waals surface area contributed by atoms with Crippen LogP contribution in [0.1, 0.15) is 36.6 Å². The number of carboxylic acids is 1. The molecule has 0 saturated carbocycles. The number of carboxylic acid groups (broad SMARTS) is 1. The minimum atomic E-state index is -4.81. The zero-order chi connectivity index (χ0) is 31.8. The van der Waals surface area contributed by atoms with E-state index in [0.717, 1.165) is 12.8 Å². The number of aliphatic carboxylic acids is 1. The fraction of sp³-hybridized carbons (Fsp3) is 0.355. The molecule has 1 spiro atoms. The van der Waals surface area contributed by atoms with E-state index >= 15 is 0 Å². The number of aromatic nitrogens is 4. The van der Waals surface area contributed by atoms with Crippen molar-refractivity contribution in [1.29, 1.82) is 0 Å². The maximum absolute atomic E-state index is 14.6. The average molecular weight is 643 g/mol. The Balaban J connectivity index is 1.22. The van der Waals surface area contributed by atoms with Gasteiger partial charge in [-0.1, -0.05) is 29.8 Å². The summed E-state index contributed by atoms with van der Waals surface area (Å²) in [6.07, 6.45) is -1.93. The topological polar surface area (TPSA) is 115 Å². The fourth-order valence-electron chi connectivity index (χ4n) is 5.89. The van der Waals surface area contributed by atoms with Crippen molar-refractivity contribution in [3.8, 4) is 23.2 Å². The van der Waals surface area contributed by atoms with Gasteiger partial charge in [0.15, 0.2) is 11.5 Å². The Morgan fingerprint density at radius 3 is 2.56 bits per heavy atom. The van der Waals surface area contributed by atoms with E-state index in [9.17, 15) is 23.1 Å². The van der Waals surface area contributed by atoms with E-state index in [2.05, 4.69) is 25.3 Å². The van der Waals surface area contributed by atoms with Crippen LogP contribution in [0.2, 0.25) is 5.02 Å². The van der Waals surface area contributed by atoms with Crippen LogP contribution in [0.5, 0.6) is 17.5 Å². The van der Waals surface area contributed by atoms with Gasteiger partial charge in [0.1, 0.15) is 11.9 Å². The fourth-order valence-corrected chi connectivity index (χ4v) is 6.06. The number of nitrogens with one attached hydrogen (secondary N) is 1. The van der Waals surface area contributed by atoms with Crippen LogP contribution in [-0.4, -0.2) is 62.7 Å². The third-order valence-corrected chi connectivity index (χ3v) is 8.50. The number of para-hydroxylation sites is 2. The molecule has 0 aliphatic carbocycles. The number of benzene rings is 2. The molecule has 2 aromatic heterocycles. The maximum atomic E-state index is 14.6. The Kier molecular flexibility index (Phi) is 8.31. The molecule has 4 aromatic rings. The van der Waals surface area contributed by atoms with Crippen LogP contribution >= 0.6 is 11.6 Å². The van der Waals surface area contributed by atoms with E-state index in [1.54, 1.807) is 37.4 Å². The van der Waals surface area contributed by atoms with E-state index in [0.29, 0.717) is 37.6 Å². The number of hydrogen-bond acceptors (Lipinski definition) is 8. The van der Waals surface area contributed by atoms with Crippen LogP contribution in [0.4, 0.5) is 19.0 Å². The molecule has 2 N–H and O–H groups in total. The molecule has 2 fully saturated rings. The number of ether oxygens (including phenoxy) is 2. The highest BCUT2D eigenvalue weighted by atomic mass is 35.5. The molecule has 236 valence electrons. The first kappa shape index (κ1) is 30.7. The molecule has 6 rings (SSSR count). The minimum Gasteiger partial charge on any atom is -0.480 e. The van der Waals surface area contributed by atoms with Crippen molar-refractivity contribution in [2.24, 2.45) is 5.41 Å². The zero-order valence-electron chi connectivity index (χ0n) is 24.2. The monoisotopic (exact) mass is 642 g/mol. The highest BCUT2D eigenvalue weighted by Gasteiger charge is 2.45. The van der Waals surface area contributed by atoms with E-state index < -0.39 is 24.3 Å². The van der Waals surface area contributed by atoms with Crippen molar-refractivity contribution < 1.29 is 32.5 Å². The Labute approximate surface area is 261 Å². The first-order valence-corrected chi connectivity index (χ1v) is 14.7. The second-order valence-corrected chi connectivity index (χ2v) is 11.8. The van der Waals surface area contributed by atoms with Crippen molar-refractivity contribution >= 4 is 23.4 Å². The van der Waals surface area contributed by atoms with Gasteiger partial charge in [-0.25, -0.2) is 9.67 Å². The van der Waals surface area contributed by atoms with Gasteiger partial charge in [0.2, 0.25) is 6.10 Å². The van der Waals surface area contributed by atoms with Crippen LogP contribution in [0, 0.1) is 12.3 Å². The predicted octanol–water partition coefficient (Wildman–Crippen LogP) is 6.13. The Morgan fingerprint density at radius 1 is 1.13 bits per heavy atom. The first-order valence-electron chi connectivity index (χ1n) is 14.4. The van der Waals surface area contributed by atoms with Gasteiger partial charge < -0.3 is 24.8 Å². The summed E-state index contributed by atoms with van der Waals surface area (Å²) >= 11 is 6.16. The molecule has 14 heteroatoms. The van der Waals surface area contributed by atoms with Gasteiger partial charge in [-0.3, -0.25) is 4.79 Å². The summed E-state index contributed by atoms with van der Waals surface area (Å²) in [5, 5.41) is 17.0. The maximum Gasteiger partial charge on any atom is 0.429 e. The lowest BCUT2D eigenvalue weighted by Crippen LogP contribution is -2.41. The van der Waals surface area contributed by atoms with Gasteiger partial charge in [0, 0.05) is 42.6 Å². The number of carbonyl (C=O) groups is 1. The van der Waals surface area contributed by atoms with Gasteiger partial charge in [0.25, 0.3) is 0 Å². The smallest absolute Gasteiger partial charge is 0.429 e. The second kappa shape index (κ2) is 12.2. The second-order valence-electron chi connectivity index (χ2n) is 11.4. The predicted molar refractivity (Wildman–Crippen MR) is 159 cm³/mol. The highest BCUT2D eigenvalue weighted by molar-refractivity contribution is 6.30. The van der Waals surface area contributed by atoms with Gasteiger partial charge in [-0.2, -0.15) is 23.3 Å². The molecule has 0 radical (unpaired) electrons. The summed E-state index contributed by atoms with van der Waals surface area (Å²) in [6.45, 7) is 3.71. The Morgan fingerprint density at radius 2 is 1.89 bits per heavy atom. The standard InChI is InChI=1S/C31H30ClF3N6O4/c1-19-9-13-41(39-19)23-16-20(32)6-7-21(23)27(31(33,34)35)44-24-4-2-3-5-25(24)45-29-36-12-8-26(38-29)40-14-10-30(11-15-40)17-22(28(42)43)37-18-30/h2-9,12-13,16,22,27,37H,10-11,14-15,17-18H2,1H3,(H,42,43)/t22?,27-/m1/s1. The number of nitrogens with zero attached hydrogens (tertiary/aromatic N) is 5. The lowest BCUT2D eigenvalue weighted by atomic mass is 9.76. The van der Waals surface area contributed by atoms with E-state index in [1.165, 1.54) is 41.2 Å². The molecule has 2 aliphatic heterocycles. The molecule has 2 aliphatic rings. The molecule has 0 bridgehead atoms. The lowest BCUT2D eigenvalue weighted by molar-refractivity contribution is -0.198. The highest BCUT2D eigenvalue weighted by Crippen LogP contribution is 2.43. The molecule has 1 unspecified atom stereocenters. The van der Waals surface area contributed by atoms with Crippen molar-refractivity contribution in [2.75, 3.05) is 24.5 Å². The van der Waals surface area contributed by atoms with Crippen LogP contribution < -0.4 is 19.7 Å². The van der Waals surface area contributed by atoms with Gasteiger partial charge in [-0.15, -0.1) is 0 Å². The van der Waals surface area contributed by atoms with E-state index in [1.807, 2.05) is 0 Å². The first-order chi connectivity index (χ1) is 21.5. The van der Waals surface area contributed by atoms with Crippen LogP contribution in [-0.2, 0) is 4.79 Å². The van der Waals surface area contributed by atoms with Crippen LogP contribution in [0.15, 0.2) is 67.0 Å². The normalized spacial score (nSPS) is 18.6. The number of hydrogen-bond donors (Lipinski definition) is 2. The molecule has 2 atom stereocenters. The molecule has 2 aromatic carbocycles. The summed E-state index contributed by atoms with van der Waals surface area (Å²) in [4.78, 5) is 22.2. The molecular weight excluding hydrogens is 613 g/mol. The van der Waals surface area contributed by atoms with Crippen LogP contribution in [0.25, 0.3) is 5.69 Å². The van der Waals surface area contributed by atoms with Crippen molar-refractivity contribution in [2.45, 2.75) is 44.5 Å². The van der Waals surface area contributed by atoms with Gasteiger partial charge in [-0.05, 0) is 68.0 Å². The number of halogens is 4. The van der Waals surface area contributed by atoms with Crippen molar-refractivity contribution in [3.05, 3.63) is 83.3 Å². The molecular formula is C31H30ClF3N6O4. The quantitative estimate of drug-likeness (QED) is 0.234. The van der Waals surface area contributed by atoms with Gasteiger partial charge in [0.05, 0.1) is 11.4 Å². The van der Waals surface area contributed by atoms with E-state index in [-0.39, 0.29) is 39.2 Å². The molecule has 2 saturated heterocycles. The number of rotatable bonds is 8.